The van der Waals surface area contributed by atoms with Crippen molar-refractivity contribution >= 4 is 11.8 Å². The minimum absolute atomic E-state index is 0.0521. The third kappa shape index (κ3) is 4.41. The van der Waals surface area contributed by atoms with Gasteiger partial charge in [-0.25, -0.2) is 9.18 Å². The van der Waals surface area contributed by atoms with Crippen LogP contribution in [0.5, 0.6) is 0 Å². The highest BCUT2D eigenvalue weighted by Gasteiger charge is 2.34. The van der Waals surface area contributed by atoms with E-state index in [0.29, 0.717) is 0 Å². The van der Waals surface area contributed by atoms with Crippen LogP contribution in [-0.4, -0.2) is 23.4 Å². The lowest BCUT2D eigenvalue weighted by atomic mass is 10.1. The second-order valence-corrected chi connectivity index (χ2v) is 5.18. The van der Waals surface area contributed by atoms with E-state index in [4.69, 9.17) is 9.84 Å². The highest BCUT2D eigenvalue weighted by Crippen LogP contribution is 2.31. The van der Waals surface area contributed by atoms with Crippen molar-refractivity contribution in [3.63, 3.8) is 0 Å². The molecule has 1 amide bonds. The lowest BCUT2D eigenvalue weighted by Gasteiger charge is -2.20. The lowest BCUT2D eigenvalue weighted by Crippen LogP contribution is -2.27. The Morgan fingerprint density at radius 2 is 1.95 bits per heavy atom. The summed E-state index contributed by atoms with van der Waals surface area (Å²) in [5.41, 5.74) is -1.79. The summed E-state index contributed by atoms with van der Waals surface area (Å²) >= 11 is 0. The van der Waals surface area contributed by atoms with Gasteiger partial charge in [-0.1, -0.05) is 0 Å². The second kappa shape index (κ2) is 5.70. The van der Waals surface area contributed by atoms with Gasteiger partial charge >= 0.3 is 6.09 Å². The Bertz CT molecular complexity index is 498. The van der Waals surface area contributed by atoms with E-state index in [-0.39, 0.29) is 5.69 Å². The van der Waals surface area contributed by atoms with Gasteiger partial charge in [0.2, 0.25) is 0 Å². The minimum atomic E-state index is -3.73. The van der Waals surface area contributed by atoms with E-state index in [1.807, 2.05) is 0 Å². The van der Waals surface area contributed by atoms with Gasteiger partial charge in [-0.05, 0) is 39.0 Å². The molecule has 0 aliphatic heterocycles. The number of alkyl halides is 2. The van der Waals surface area contributed by atoms with Gasteiger partial charge in [0.15, 0.2) is 0 Å². The molecule has 0 fully saturated rings. The molecule has 1 rings (SSSR count). The average Bonchev–Trinajstić information content (AvgIpc) is 2.29. The van der Waals surface area contributed by atoms with Gasteiger partial charge in [-0.15, -0.1) is 0 Å². The number of benzene rings is 1. The zero-order valence-corrected chi connectivity index (χ0v) is 11.3. The summed E-state index contributed by atoms with van der Waals surface area (Å²) in [6, 6.07) is 2.66. The summed E-state index contributed by atoms with van der Waals surface area (Å²) in [5.74, 6) is -4.89. The molecule has 112 valence electrons. The van der Waals surface area contributed by atoms with E-state index >= 15 is 0 Å². The molecule has 0 saturated carbocycles. The first-order chi connectivity index (χ1) is 9.05. The molecule has 0 heterocycles. The Labute approximate surface area is 114 Å². The molecule has 0 spiro atoms. The number of anilines is 1. The van der Waals surface area contributed by atoms with Crippen LogP contribution >= 0.6 is 0 Å². The number of nitrogens with one attached hydrogen (secondary N) is 1. The van der Waals surface area contributed by atoms with Crippen molar-refractivity contribution in [3.8, 4) is 0 Å². The molecular weight excluding hydrogens is 275 g/mol. The number of aliphatic hydroxyl groups excluding tert-OH is 1. The van der Waals surface area contributed by atoms with Crippen LogP contribution in [0.3, 0.4) is 0 Å². The molecule has 4 nitrogen and oxygen atoms in total. The Hall–Kier alpha value is -1.76. The number of hydrogen-bond donors (Lipinski definition) is 2. The van der Waals surface area contributed by atoms with E-state index in [1.54, 1.807) is 20.8 Å². The second-order valence-electron chi connectivity index (χ2n) is 5.18. The fourth-order valence-corrected chi connectivity index (χ4v) is 1.39. The van der Waals surface area contributed by atoms with Crippen LogP contribution in [0.2, 0.25) is 0 Å². The Balaban J connectivity index is 2.94. The van der Waals surface area contributed by atoms with E-state index in [2.05, 4.69) is 5.32 Å². The van der Waals surface area contributed by atoms with Gasteiger partial charge in [0.25, 0.3) is 5.92 Å². The molecule has 2 N–H and O–H groups in total. The molecule has 0 saturated heterocycles. The number of halogens is 3. The molecule has 0 atom stereocenters. The summed E-state index contributed by atoms with van der Waals surface area (Å²) in [5, 5.41) is 10.8. The maximum absolute atomic E-state index is 13.3. The van der Waals surface area contributed by atoms with E-state index in [0.717, 1.165) is 18.2 Å². The van der Waals surface area contributed by atoms with E-state index in [9.17, 15) is 18.0 Å². The topological polar surface area (TPSA) is 58.6 Å². The zero-order valence-electron chi connectivity index (χ0n) is 11.3. The summed E-state index contributed by atoms with van der Waals surface area (Å²) in [6.07, 6.45) is -0.845. The first-order valence-corrected chi connectivity index (χ1v) is 5.84. The molecule has 1 aromatic rings. The van der Waals surface area contributed by atoms with Gasteiger partial charge in [0.1, 0.15) is 18.0 Å². The number of ether oxygens (including phenoxy) is 1. The number of rotatable bonds is 3. The molecule has 0 radical (unpaired) electrons. The highest BCUT2D eigenvalue weighted by atomic mass is 19.3. The summed E-state index contributed by atoms with van der Waals surface area (Å²) < 4.78 is 44.9. The Morgan fingerprint density at radius 1 is 1.35 bits per heavy atom. The lowest BCUT2D eigenvalue weighted by molar-refractivity contribution is -0.0582. The smallest absolute Gasteiger partial charge is 0.412 e. The van der Waals surface area contributed by atoms with Crippen LogP contribution in [-0.2, 0) is 10.7 Å². The predicted molar refractivity (Wildman–Crippen MR) is 67.2 cm³/mol. The minimum Gasteiger partial charge on any atom is -0.444 e. The van der Waals surface area contributed by atoms with Gasteiger partial charge < -0.3 is 9.84 Å². The van der Waals surface area contributed by atoms with E-state index in [1.165, 1.54) is 0 Å². The highest BCUT2D eigenvalue weighted by molar-refractivity contribution is 5.85. The third-order valence-electron chi connectivity index (χ3n) is 2.20. The average molecular weight is 291 g/mol. The first-order valence-electron chi connectivity index (χ1n) is 5.84. The molecule has 0 unspecified atom stereocenters. The van der Waals surface area contributed by atoms with Crippen molar-refractivity contribution in [3.05, 3.63) is 29.6 Å². The van der Waals surface area contributed by atoms with Gasteiger partial charge in [-0.2, -0.15) is 8.78 Å². The number of hydrogen-bond acceptors (Lipinski definition) is 3. The molecule has 1 aromatic carbocycles. The number of aliphatic hydroxyl groups is 1. The number of carbonyl (C=O) groups excluding carboxylic acids is 1. The summed E-state index contributed by atoms with van der Waals surface area (Å²) in [7, 11) is 0. The van der Waals surface area contributed by atoms with Crippen molar-refractivity contribution in [1.29, 1.82) is 0 Å². The number of carbonyl (C=O) groups is 1. The van der Waals surface area contributed by atoms with Crippen LogP contribution in [0.25, 0.3) is 0 Å². The van der Waals surface area contributed by atoms with Crippen LogP contribution in [0, 0.1) is 5.82 Å². The van der Waals surface area contributed by atoms with Crippen LogP contribution in [0.15, 0.2) is 18.2 Å². The molecule has 0 bridgehead atoms. The van der Waals surface area contributed by atoms with Gasteiger partial charge in [0.05, 0.1) is 5.56 Å². The fourth-order valence-electron chi connectivity index (χ4n) is 1.39. The third-order valence-corrected chi connectivity index (χ3v) is 2.20. The standard InChI is InChI=1S/C13H16F3NO3/c1-12(2,3)20-11(19)17-8-4-5-10(14)9(6-8)13(15,16)7-18/h4-6,18H,7H2,1-3H3,(H,17,19). The Morgan fingerprint density at radius 3 is 2.45 bits per heavy atom. The molecular formula is C13H16F3NO3. The molecule has 0 aliphatic carbocycles. The summed E-state index contributed by atoms with van der Waals surface area (Å²) in [6.45, 7) is 3.40. The Kier molecular flexibility index (Phi) is 4.65. The monoisotopic (exact) mass is 291 g/mol. The van der Waals surface area contributed by atoms with Gasteiger partial charge in [-0.3, -0.25) is 5.32 Å². The van der Waals surface area contributed by atoms with Crippen LogP contribution in [0.4, 0.5) is 23.7 Å². The fraction of sp³-hybridized carbons (Fsp3) is 0.462. The zero-order chi connectivity index (χ0) is 15.6. The molecule has 0 aliphatic rings. The van der Waals surface area contributed by atoms with Crippen molar-refractivity contribution < 1.29 is 27.8 Å². The van der Waals surface area contributed by atoms with Gasteiger partial charge in [0, 0.05) is 5.69 Å². The molecule has 0 aromatic heterocycles. The largest absolute Gasteiger partial charge is 0.444 e. The van der Waals surface area contributed by atoms with Crippen LogP contribution < -0.4 is 5.32 Å². The number of amides is 1. The normalized spacial score (nSPS) is 12.2. The van der Waals surface area contributed by atoms with E-state index < -0.39 is 35.6 Å². The van der Waals surface area contributed by atoms with Crippen molar-refractivity contribution in [1.82, 2.24) is 0 Å². The summed E-state index contributed by atoms with van der Waals surface area (Å²) in [4.78, 5) is 11.5. The van der Waals surface area contributed by atoms with Crippen molar-refractivity contribution in [2.24, 2.45) is 0 Å². The molecule has 20 heavy (non-hydrogen) atoms. The molecule has 7 heteroatoms. The first kappa shape index (κ1) is 16.3. The van der Waals surface area contributed by atoms with Crippen molar-refractivity contribution in [2.45, 2.75) is 32.3 Å². The quantitative estimate of drug-likeness (QED) is 0.898. The van der Waals surface area contributed by atoms with Crippen molar-refractivity contribution in [2.75, 3.05) is 11.9 Å². The van der Waals surface area contributed by atoms with Crippen LogP contribution in [0.1, 0.15) is 26.3 Å². The maximum atomic E-state index is 13.3. The predicted octanol–water partition coefficient (Wildman–Crippen LogP) is 3.26. The maximum Gasteiger partial charge on any atom is 0.412 e. The SMILES string of the molecule is CC(C)(C)OC(=O)Nc1ccc(F)c(C(F)(F)CO)c1.